The Hall–Kier alpha value is -2.66. The number of allylic oxidation sites excluding steroid dienone is 1. The number of phenols is 1. The molecule has 0 saturated carbocycles. The van der Waals surface area contributed by atoms with Gasteiger partial charge in [-0.05, 0) is 31.5 Å². The maximum atomic E-state index is 12.1. The Morgan fingerprint density at radius 1 is 1.42 bits per heavy atom. The molecule has 2 rings (SSSR count). The first-order valence-electron chi connectivity index (χ1n) is 8.18. The zero-order valence-electron chi connectivity index (χ0n) is 14.6. The molecule has 0 fully saturated rings. The van der Waals surface area contributed by atoms with Crippen LogP contribution in [0.1, 0.15) is 31.7 Å². The number of thioether (sulfide) groups is 1. The maximum Gasteiger partial charge on any atom is 0.316 e. The SMILES string of the molecule is CCOC(=O)CSC1=C(C#N)[C@@H](c2ccc(O)c(OCC)c2)CC(=O)N1. The largest absolute Gasteiger partial charge is 0.504 e. The molecule has 1 aromatic rings. The Bertz CT molecular complexity index is 769. The monoisotopic (exact) mass is 376 g/mol. The highest BCUT2D eigenvalue weighted by atomic mass is 32.2. The van der Waals surface area contributed by atoms with Gasteiger partial charge in [0.2, 0.25) is 5.91 Å². The minimum absolute atomic E-state index is 0.00112. The summed E-state index contributed by atoms with van der Waals surface area (Å²) in [6, 6.07) is 6.90. The summed E-state index contributed by atoms with van der Waals surface area (Å²) in [4.78, 5) is 23.7. The van der Waals surface area contributed by atoms with Gasteiger partial charge in [0.25, 0.3) is 0 Å². The lowest BCUT2D eigenvalue weighted by Crippen LogP contribution is -2.31. The van der Waals surface area contributed by atoms with Crippen LogP contribution in [0.5, 0.6) is 11.5 Å². The van der Waals surface area contributed by atoms with Crippen LogP contribution in [0.25, 0.3) is 0 Å². The van der Waals surface area contributed by atoms with E-state index in [-0.39, 0.29) is 30.4 Å². The minimum Gasteiger partial charge on any atom is -0.504 e. The smallest absolute Gasteiger partial charge is 0.316 e. The highest BCUT2D eigenvalue weighted by Crippen LogP contribution is 2.39. The molecule has 0 saturated heterocycles. The van der Waals surface area contributed by atoms with Crippen LogP contribution in [-0.4, -0.2) is 35.9 Å². The number of amides is 1. The third kappa shape index (κ3) is 4.70. The van der Waals surface area contributed by atoms with E-state index in [1.165, 1.54) is 6.07 Å². The summed E-state index contributed by atoms with van der Waals surface area (Å²) in [5.41, 5.74) is 1.05. The third-order valence-electron chi connectivity index (χ3n) is 3.68. The van der Waals surface area contributed by atoms with Gasteiger partial charge in [-0.2, -0.15) is 5.26 Å². The van der Waals surface area contributed by atoms with Gasteiger partial charge in [-0.15, -0.1) is 0 Å². The molecule has 138 valence electrons. The van der Waals surface area contributed by atoms with Crippen molar-refractivity contribution >= 4 is 23.6 Å². The van der Waals surface area contributed by atoms with Crippen molar-refractivity contribution in [2.24, 2.45) is 0 Å². The fraction of sp³-hybridized carbons (Fsp3) is 0.389. The van der Waals surface area contributed by atoms with Crippen LogP contribution in [0.15, 0.2) is 28.8 Å². The molecule has 0 unspecified atom stereocenters. The van der Waals surface area contributed by atoms with Gasteiger partial charge in [-0.3, -0.25) is 9.59 Å². The van der Waals surface area contributed by atoms with Crippen LogP contribution in [0, 0.1) is 11.3 Å². The van der Waals surface area contributed by atoms with Crippen LogP contribution < -0.4 is 10.1 Å². The molecule has 1 heterocycles. The van der Waals surface area contributed by atoms with Gasteiger partial charge in [0.05, 0.1) is 35.6 Å². The molecule has 0 bridgehead atoms. The molecule has 1 atom stereocenters. The van der Waals surface area contributed by atoms with E-state index >= 15 is 0 Å². The molecule has 0 aliphatic carbocycles. The van der Waals surface area contributed by atoms with Crippen molar-refractivity contribution in [3.63, 3.8) is 0 Å². The average molecular weight is 376 g/mol. The van der Waals surface area contributed by atoms with E-state index in [4.69, 9.17) is 9.47 Å². The van der Waals surface area contributed by atoms with Crippen molar-refractivity contribution in [3.8, 4) is 17.6 Å². The Morgan fingerprint density at radius 2 is 2.19 bits per heavy atom. The van der Waals surface area contributed by atoms with Crippen molar-refractivity contribution in [3.05, 3.63) is 34.4 Å². The molecule has 8 heteroatoms. The van der Waals surface area contributed by atoms with Crippen molar-refractivity contribution < 1.29 is 24.2 Å². The number of aromatic hydroxyl groups is 1. The molecule has 26 heavy (non-hydrogen) atoms. The summed E-state index contributed by atoms with van der Waals surface area (Å²) in [6.07, 6.45) is 0.0999. The summed E-state index contributed by atoms with van der Waals surface area (Å²) in [6.45, 7) is 4.16. The number of nitrogens with zero attached hydrogens (tertiary/aromatic N) is 1. The second kappa shape index (κ2) is 9.15. The van der Waals surface area contributed by atoms with E-state index < -0.39 is 11.9 Å². The lowest BCUT2D eigenvalue weighted by Gasteiger charge is -2.25. The summed E-state index contributed by atoms with van der Waals surface area (Å²) >= 11 is 1.07. The average Bonchev–Trinajstić information content (AvgIpc) is 2.61. The number of benzene rings is 1. The summed E-state index contributed by atoms with van der Waals surface area (Å²) < 4.78 is 10.3. The van der Waals surface area contributed by atoms with Crippen molar-refractivity contribution in [1.82, 2.24) is 5.32 Å². The Balaban J connectivity index is 2.33. The molecule has 0 spiro atoms. The zero-order chi connectivity index (χ0) is 19.1. The molecule has 1 aromatic carbocycles. The van der Waals surface area contributed by atoms with E-state index in [1.54, 1.807) is 26.0 Å². The van der Waals surface area contributed by atoms with Gasteiger partial charge in [0.15, 0.2) is 11.5 Å². The highest BCUT2D eigenvalue weighted by Gasteiger charge is 2.30. The molecule has 0 aromatic heterocycles. The topological polar surface area (TPSA) is 109 Å². The van der Waals surface area contributed by atoms with Gasteiger partial charge in [-0.25, -0.2) is 0 Å². The quantitative estimate of drug-likeness (QED) is 0.704. The van der Waals surface area contributed by atoms with E-state index in [0.717, 1.165) is 11.8 Å². The second-order valence-corrected chi connectivity index (χ2v) is 6.40. The van der Waals surface area contributed by atoms with E-state index in [0.29, 0.717) is 28.5 Å². The number of ether oxygens (including phenoxy) is 2. The lowest BCUT2D eigenvalue weighted by atomic mass is 9.87. The van der Waals surface area contributed by atoms with Crippen LogP contribution >= 0.6 is 11.8 Å². The molecule has 1 aliphatic heterocycles. The van der Waals surface area contributed by atoms with Gasteiger partial charge in [-0.1, -0.05) is 17.8 Å². The van der Waals surface area contributed by atoms with Crippen LogP contribution in [-0.2, 0) is 14.3 Å². The van der Waals surface area contributed by atoms with E-state index in [9.17, 15) is 20.0 Å². The van der Waals surface area contributed by atoms with Crippen molar-refractivity contribution in [2.45, 2.75) is 26.2 Å². The van der Waals surface area contributed by atoms with E-state index in [1.807, 2.05) is 0 Å². The van der Waals surface area contributed by atoms with Gasteiger partial charge in [0.1, 0.15) is 0 Å². The molecule has 1 amide bonds. The predicted octanol–water partition coefficient (Wildman–Crippen LogP) is 2.43. The number of rotatable bonds is 7. The number of nitriles is 1. The van der Waals surface area contributed by atoms with Crippen LogP contribution in [0.3, 0.4) is 0 Å². The number of esters is 1. The summed E-state index contributed by atoms with van der Waals surface area (Å²) in [7, 11) is 0. The van der Waals surface area contributed by atoms with Crippen LogP contribution in [0.2, 0.25) is 0 Å². The van der Waals surface area contributed by atoms with Crippen LogP contribution in [0.4, 0.5) is 0 Å². The molecule has 2 N–H and O–H groups in total. The Kier molecular flexibility index (Phi) is 6.92. The second-order valence-electron chi connectivity index (χ2n) is 5.41. The number of phenolic OH excluding ortho intramolecular Hbond substituents is 1. The fourth-order valence-electron chi connectivity index (χ4n) is 2.57. The Morgan fingerprint density at radius 3 is 2.85 bits per heavy atom. The van der Waals surface area contributed by atoms with E-state index in [2.05, 4.69) is 11.4 Å². The van der Waals surface area contributed by atoms with Crippen molar-refractivity contribution in [2.75, 3.05) is 19.0 Å². The fourth-order valence-corrected chi connectivity index (χ4v) is 3.44. The zero-order valence-corrected chi connectivity index (χ0v) is 15.4. The Labute approximate surface area is 156 Å². The van der Waals surface area contributed by atoms with Gasteiger partial charge >= 0.3 is 5.97 Å². The predicted molar refractivity (Wildman–Crippen MR) is 96.5 cm³/mol. The molecule has 7 nitrogen and oxygen atoms in total. The maximum absolute atomic E-state index is 12.1. The molecule has 1 aliphatic rings. The first kappa shape index (κ1) is 19.7. The number of hydrogen-bond donors (Lipinski definition) is 2. The highest BCUT2D eigenvalue weighted by molar-refractivity contribution is 8.03. The molecule has 0 radical (unpaired) electrons. The third-order valence-corrected chi connectivity index (χ3v) is 4.67. The summed E-state index contributed by atoms with van der Waals surface area (Å²) in [5.74, 6) is -0.836. The molecular formula is C18H20N2O5S. The number of carbonyl (C=O) groups excluding carboxylic acids is 2. The van der Waals surface area contributed by atoms with Gasteiger partial charge in [0, 0.05) is 12.3 Å². The lowest BCUT2D eigenvalue weighted by molar-refractivity contribution is -0.139. The normalized spacial score (nSPS) is 16.7. The number of carbonyl (C=O) groups is 2. The summed E-state index contributed by atoms with van der Waals surface area (Å²) in [5, 5.41) is 22.5. The number of hydrogen-bond acceptors (Lipinski definition) is 7. The number of nitrogens with one attached hydrogen (secondary N) is 1. The standard InChI is InChI=1S/C18H20N2O5S/c1-3-24-15-7-11(5-6-14(15)21)12-8-16(22)20-18(13(12)9-19)26-10-17(23)25-4-2/h5-7,12,21H,3-4,8,10H2,1-2H3,(H,20,22)/t12-/m1/s1. The first-order valence-corrected chi connectivity index (χ1v) is 9.16. The first-order chi connectivity index (χ1) is 12.5. The van der Waals surface area contributed by atoms with Gasteiger partial charge < -0.3 is 19.9 Å². The molecular weight excluding hydrogens is 356 g/mol. The van der Waals surface area contributed by atoms with Crippen molar-refractivity contribution in [1.29, 1.82) is 5.26 Å². The minimum atomic E-state index is -0.474.